The number of aromatic nitrogens is 4. The van der Waals surface area contributed by atoms with Crippen molar-refractivity contribution in [3.8, 4) is 0 Å². The highest BCUT2D eigenvalue weighted by Crippen LogP contribution is 2.39. The van der Waals surface area contributed by atoms with Crippen LogP contribution in [0, 0.1) is 12.8 Å². The standard InChI is InChI=1S/C13H21N5/c1-4-10(7-9-5-6-9)18-12-11(15-13(18)14)8(2)16-17(12)3/h9-10H,4-7H2,1-3H3,(H2,14,15). The number of rotatable bonds is 4. The fourth-order valence-electron chi connectivity index (χ4n) is 2.87. The first-order chi connectivity index (χ1) is 8.61. The average molecular weight is 247 g/mol. The van der Waals surface area contributed by atoms with Crippen molar-refractivity contribution in [1.82, 2.24) is 19.3 Å². The second-order valence-corrected chi connectivity index (χ2v) is 5.46. The molecular formula is C13H21N5. The van der Waals surface area contributed by atoms with Crippen molar-refractivity contribution in [2.75, 3.05) is 5.73 Å². The summed E-state index contributed by atoms with van der Waals surface area (Å²) in [6, 6.07) is 0.456. The Morgan fingerprint density at radius 1 is 1.44 bits per heavy atom. The molecule has 1 aliphatic carbocycles. The van der Waals surface area contributed by atoms with Crippen LogP contribution in [0.3, 0.4) is 0 Å². The zero-order valence-electron chi connectivity index (χ0n) is 11.3. The van der Waals surface area contributed by atoms with E-state index in [1.165, 1.54) is 19.3 Å². The van der Waals surface area contributed by atoms with Crippen molar-refractivity contribution in [2.45, 2.75) is 45.6 Å². The summed E-state index contributed by atoms with van der Waals surface area (Å²) < 4.78 is 4.09. The van der Waals surface area contributed by atoms with Crippen LogP contribution in [-0.4, -0.2) is 19.3 Å². The molecule has 0 spiro atoms. The Morgan fingerprint density at radius 2 is 2.17 bits per heavy atom. The van der Waals surface area contributed by atoms with Gasteiger partial charge in [-0.1, -0.05) is 19.8 Å². The minimum atomic E-state index is 0.456. The van der Waals surface area contributed by atoms with E-state index in [4.69, 9.17) is 5.73 Å². The number of fused-ring (bicyclic) bond motifs is 1. The first kappa shape index (κ1) is 11.6. The van der Waals surface area contributed by atoms with E-state index in [9.17, 15) is 0 Å². The smallest absolute Gasteiger partial charge is 0.202 e. The minimum Gasteiger partial charge on any atom is -0.369 e. The molecule has 5 nitrogen and oxygen atoms in total. The summed E-state index contributed by atoms with van der Waals surface area (Å²) in [5, 5.41) is 4.44. The quantitative estimate of drug-likeness (QED) is 0.902. The molecule has 18 heavy (non-hydrogen) atoms. The third-order valence-electron chi connectivity index (χ3n) is 4.00. The molecule has 2 aromatic heterocycles. The van der Waals surface area contributed by atoms with Gasteiger partial charge in [-0.05, 0) is 25.7 Å². The van der Waals surface area contributed by atoms with Crippen LogP contribution in [0.5, 0.6) is 0 Å². The molecule has 0 aromatic carbocycles. The highest BCUT2D eigenvalue weighted by molar-refractivity contribution is 5.77. The van der Waals surface area contributed by atoms with Crippen LogP contribution < -0.4 is 5.73 Å². The Kier molecular flexibility index (Phi) is 2.57. The lowest BCUT2D eigenvalue weighted by atomic mass is 10.1. The zero-order valence-corrected chi connectivity index (χ0v) is 11.3. The van der Waals surface area contributed by atoms with E-state index in [0.717, 1.165) is 29.2 Å². The van der Waals surface area contributed by atoms with Gasteiger partial charge in [0.1, 0.15) is 5.52 Å². The molecule has 0 aliphatic heterocycles. The monoisotopic (exact) mass is 247 g/mol. The molecule has 1 aliphatic rings. The molecule has 0 radical (unpaired) electrons. The predicted octanol–water partition coefficient (Wildman–Crippen LogP) is 2.41. The van der Waals surface area contributed by atoms with Gasteiger partial charge in [0.2, 0.25) is 5.95 Å². The number of nitrogens with two attached hydrogens (primary N) is 1. The zero-order chi connectivity index (χ0) is 12.9. The summed E-state index contributed by atoms with van der Waals surface area (Å²) in [5.74, 6) is 1.52. The Bertz CT molecular complexity index is 576. The van der Waals surface area contributed by atoms with Gasteiger partial charge in [-0.15, -0.1) is 0 Å². The maximum atomic E-state index is 6.12. The third kappa shape index (κ3) is 1.69. The lowest BCUT2D eigenvalue weighted by molar-refractivity contribution is 0.436. The molecule has 1 fully saturated rings. The molecule has 1 unspecified atom stereocenters. The lowest BCUT2D eigenvalue weighted by Gasteiger charge is -2.18. The van der Waals surface area contributed by atoms with Crippen LogP contribution in [-0.2, 0) is 7.05 Å². The van der Waals surface area contributed by atoms with Gasteiger partial charge < -0.3 is 5.73 Å². The lowest BCUT2D eigenvalue weighted by Crippen LogP contribution is -2.14. The number of anilines is 1. The Labute approximate surface area is 107 Å². The van der Waals surface area contributed by atoms with Gasteiger partial charge >= 0.3 is 0 Å². The van der Waals surface area contributed by atoms with Crippen LogP contribution >= 0.6 is 0 Å². The van der Waals surface area contributed by atoms with E-state index in [1.54, 1.807) is 0 Å². The fraction of sp³-hybridized carbons (Fsp3) is 0.692. The summed E-state index contributed by atoms with van der Waals surface area (Å²) in [6.07, 6.45) is 5.06. The van der Waals surface area contributed by atoms with E-state index < -0.39 is 0 Å². The van der Waals surface area contributed by atoms with Crippen molar-refractivity contribution in [3.05, 3.63) is 5.69 Å². The maximum Gasteiger partial charge on any atom is 0.202 e. The topological polar surface area (TPSA) is 61.7 Å². The van der Waals surface area contributed by atoms with Gasteiger partial charge in [-0.25, -0.2) is 4.98 Å². The van der Waals surface area contributed by atoms with E-state index in [1.807, 2.05) is 18.7 Å². The SMILES string of the molecule is CCC(CC1CC1)n1c(N)nc2c(C)nn(C)c21. The van der Waals surface area contributed by atoms with E-state index in [-0.39, 0.29) is 0 Å². The van der Waals surface area contributed by atoms with Gasteiger partial charge in [0.25, 0.3) is 0 Å². The first-order valence-corrected chi connectivity index (χ1v) is 6.78. The molecule has 3 rings (SSSR count). The number of hydrogen-bond acceptors (Lipinski definition) is 3. The highest BCUT2D eigenvalue weighted by atomic mass is 15.4. The number of nitrogens with zero attached hydrogens (tertiary/aromatic N) is 4. The molecule has 1 saturated carbocycles. The van der Waals surface area contributed by atoms with Gasteiger partial charge in [0, 0.05) is 13.1 Å². The Morgan fingerprint density at radius 3 is 2.78 bits per heavy atom. The van der Waals surface area contributed by atoms with Gasteiger partial charge in [0.15, 0.2) is 5.65 Å². The molecule has 2 heterocycles. The molecular weight excluding hydrogens is 226 g/mol. The predicted molar refractivity (Wildman–Crippen MR) is 72.3 cm³/mol. The van der Waals surface area contributed by atoms with Crippen molar-refractivity contribution >= 4 is 17.1 Å². The van der Waals surface area contributed by atoms with Crippen molar-refractivity contribution in [2.24, 2.45) is 13.0 Å². The van der Waals surface area contributed by atoms with Gasteiger partial charge in [-0.3, -0.25) is 9.25 Å². The average Bonchev–Trinajstić information content (AvgIpc) is 3.02. The minimum absolute atomic E-state index is 0.456. The summed E-state index contributed by atoms with van der Waals surface area (Å²) in [6.45, 7) is 4.21. The van der Waals surface area contributed by atoms with Crippen LogP contribution in [0.4, 0.5) is 5.95 Å². The van der Waals surface area contributed by atoms with Crippen LogP contribution in [0.25, 0.3) is 11.2 Å². The first-order valence-electron chi connectivity index (χ1n) is 6.78. The Hall–Kier alpha value is -1.52. The molecule has 1 atom stereocenters. The van der Waals surface area contributed by atoms with Gasteiger partial charge in [-0.2, -0.15) is 5.10 Å². The van der Waals surface area contributed by atoms with Crippen LogP contribution in [0.15, 0.2) is 0 Å². The molecule has 98 valence electrons. The number of imidazole rings is 1. The van der Waals surface area contributed by atoms with Crippen molar-refractivity contribution in [1.29, 1.82) is 0 Å². The molecule has 0 amide bonds. The normalized spacial score (nSPS) is 17.5. The number of nitrogen functional groups attached to an aromatic ring is 1. The largest absolute Gasteiger partial charge is 0.369 e. The number of aryl methyl sites for hydroxylation is 2. The summed E-state index contributed by atoms with van der Waals surface area (Å²) >= 11 is 0. The molecule has 2 N–H and O–H groups in total. The van der Waals surface area contributed by atoms with Crippen LogP contribution in [0.1, 0.15) is 44.3 Å². The Balaban J connectivity index is 2.10. The second-order valence-electron chi connectivity index (χ2n) is 5.46. The van der Waals surface area contributed by atoms with Crippen LogP contribution in [0.2, 0.25) is 0 Å². The molecule has 2 aromatic rings. The third-order valence-corrected chi connectivity index (χ3v) is 4.00. The summed E-state index contributed by atoms with van der Waals surface area (Å²) in [4.78, 5) is 4.49. The number of hydrogen-bond donors (Lipinski definition) is 1. The second kappa shape index (κ2) is 4.00. The molecule has 5 heteroatoms. The summed E-state index contributed by atoms with van der Waals surface area (Å²) in [5.41, 5.74) is 9.09. The van der Waals surface area contributed by atoms with E-state index >= 15 is 0 Å². The highest BCUT2D eigenvalue weighted by Gasteiger charge is 2.28. The summed E-state index contributed by atoms with van der Waals surface area (Å²) in [7, 11) is 1.97. The van der Waals surface area contributed by atoms with Crippen molar-refractivity contribution in [3.63, 3.8) is 0 Å². The maximum absolute atomic E-state index is 6.12. The van der Waals surface area contributed by atoms with Crippen molar-refractivity contribution < 1.29 is 0 Å². The molecule has 0 saturated heterocycles. The van der Waals surface area contributed by atoms with Gasteiger partial charge in [0.05, 0.1) is 5.69 Å². The van der Waals surface area contributed by atoms with E-state index in [2.05, 4.69) is 21.6 Å². The molecule has 0 bridgehead atoms. The van der Waals surface area contributed by atoms with E-state index in [0.29, 0.717) is 12.0 Å². The fourth-order valence-corrected chi connectivity index (χ4v) is 2.87.